The minimum atomic E-state index is -3.91. The first-order valence-corrected chi connectivity index (χ1v) is 14.6. The fourth-order valence-corrected chi connectivity index (χ4v) is 5.72. The van der Waals surface area contributed by atoms with Gasteiger partial charge in [-0.05, 0) is 11.6 Å². The molecule has 1 aromatic carbocycles. The summed E-state index contributed by atoms with van der Waals surface area (Å²) in [6, 6.07) is 12.3. The molecule has 5 unspecified atom stereocenters. The Morgan fingerprint density at radius 2 is 1.84 bits per heavy atom. The van der Waals surface area contributed by atoms with Crippen molar-refractivity contribution in [3.8, 4) is 0 Å². The van der Waals surface area contributed by atoms with Gasteiger partial charge in [-0.3, -0.25) is 18.6 Å². The van der Waals surface area contributed by atoms with Crippen molar-refractivity contribution in [2.75, 3.05) is 19.0 Å². The molecule has 0 spiro atoms. The van der Waals surface area contributed by atoms with Crippen LogP contribution in [0.1, 0.15) is 42.9 Å². The Kier molecular flexibility index (Phi) is 10.6. The molecule has 0 saturated carbocycles. The van der Waals surface area contributed by atoms with Crippen LogP contribution in [0.5, 0.6) is 0 Å². The van der Waals surface area contributed by atoms with E-state index in [-0.39, 0.29) is 36.2 Å². The fourth-order valence-electron chi connectivity index (χ4n) is 3.50. The number of nitrogens with one attached hydrogen (secondary N) is 1. The topological polar surface area (TPSA) is 161 Å². The largest absolute Gasteiger partial charge is 0.405 e. The lowest BCUT2D eigenvalue weighted by molar-refractivity contribution is -0.765. The number of ether oxygens (including phenoxy) is 1. The van der Waals surface area contributed by atoms with E-state index in [1.807, 2.05) is 51.1 Å². The Balaban J connectivity index is 1.65. The van der Waals surface area contributed by atoms with Gasteiger partial charge in [-0.1, -0.05) is 62.9 Å². The quantitative estimate of drug-likeness (QED) is 0.169. The minimum Gasteiger partial charge on any atom is -0.387 e. The SMILES string of the molecule is CC(C)(C)C(=O)SCCOP(=O)(NCc1ccccc1)OCC1OC([n+]2cccc(C(N)=O)c2)C(O)C1O. The van der Waals surface area contributed by atoms with Gasteiger partial charge >= 0.3 is 7.75 Å². The predicted octanol–water partition coefficient (Wildman–Crippen LogP) is 1.93. The van der Waals surface area contributed by atoms with Crippen LogP contribution in [0.4, 0.5) is 0 Å². The van der Waals surface area contributed by atoms with Crippen molar-refractivity contribution in [2.45, 2.75) is 51.9 Å². The molecular formula is C25H35N3O8PS+. The minimum absolute atomic E-state index is 0.0190. The molecule has 38 heavy (non-hydrogen) atoms. The van der Waals surface area contributed by atoms with Gasteiger partial charge in [-0.15, -0.1) is 0 Å². The fraction of sp³-hybridized carbons (Fsp3) is 0.480. The number of amides is 1. The third-order valence-electron chi connectivity index (χ3n) is 5.66. The second-order valence-corrected chi connectivity index (χ2v) is 12.7. The van der Waals surface area contributed by atoms with Gasteiger partial charge in [0.25, 0.3) is 12.1 Å². The Bertz CT molecular complexity index is 1150. The van der Waals surface area contributed by atoms with E-state index >= 15 is 0 Å². The van der Waals surface area contributed by atoms with Crippen molar-refractivity contribution in [2.24, 2.45) is 11.1 Å². The first kappa shape index (κ1) is 30.4. The first-order valence-electron chi connectivity index (χ1n) is 12.1. The van der Waals surface area contributed by atoms with Crippen molar-refractivity contribution in [3.05, 3.63) is 66.0 Å². The maximum Gasteiger partial charge on any atom is 0.405 e. The van der Waals surface area contributed by atoms with Gasteiger partial charge in [0.05, 0.1) is 13.2 Å². The van der Waals surface area contributed by atoms with Crippen LogP contribution in [0, 0.1) is 5.41 Å². The molecule has 0 radical (unpaired) electrons. The molecule has 2 heterocycles. The number of aromatic nitrogens is 1. The molecule has 0 bridgehead atoms. The van der Waals surface area contributed by atoms with Gasteiger partial charge in [-0.2, -0.15) is 4.57 Å². The number of aliphatic hydroxyl groups excluding tert-OH is 2. The number of carbonyl (C=O) groups excluding carboxylic acids is 2. The summed E-state index contributed by atoms with van der Waals surface area (Å²) in [6.45, 7) is 5.24. The number of thioether (sulfide) groups is 1. The average molecular weight is 569 g/mol. The number of nitrogens with zero attached hydrogens (tertiary/aromatic N) is 1. The summed E-state index contributed by atoms with van der Waals surface area (Å²) < 4.78 is 32.0. The molecule has 0 aliphatic carbocycles. The Labute approximate surface area is 226 Å². The molecule has 1 aliphatic heterocycles. The summed E-state index contributed by atoms with van der Waals surface area (Å²) in [4.78, 5) is 23.7. The molecule has 1 saturated heterocycles. The first-order chi connectivity index (χ1) is 17.9. The molecular weight excluding hydrogens is 533 g/mol. The molecule has 1 aromatic heterocycles. The number of rotatable bonds is 12. The maximum absolute atomic E-state index is 13.5. The highest BCUT2D eigenvalue weighted by Crippen LogP contribution is 2.45. The highest BCUT2D eigenvalue weighted by atomic mass is 32.2. The zero-order valence-corrected chi connectivity index (χ0v) is 23.3. The summed E-state index contributed by atoms with van der Waals surface area (Å²) in [5.41, 5.74) is 5.85. The van der Waals surface area contributed by atoms with Crippen LogP contribution in [0.15, 0.2) is 54.9 Å². The number of carbonyl (C=O) groups is 2. The van der Waals surface area contributed by atoms with Crippen molar-refractivity contribution >= 4 is 30.5 Å². The van der Waals surface area contributed by atoms with Crippen molar-refractivity contribution < 1.29 is 42.7 Å². The van der Waals surface area contributed by atoms with Crippen LogP contribution in [-0.4, -0.2) is 58.5 Å². The predicted molar refractivity (Wildman–Crippen MR) is 141 cm³/mol. The van der Waals surface area contributed by atoms with Crippen molar-refractivity contribution in [1.82, 2.24) is 5.09 Å². The summed E-state index contributed by atoms with van der Waals surface area (Å²) >= 11 is 1.08. The molecule has 11 nitrogen and oxygen atoms in total. The van der Waals surface area contributed by atoms with Gasteiger partial charge < -0.3 is 20.7 Å². The highest BCUT2D eigenvalue weighted by molar-refractivity contribution is 8.13. The number of hydrogen-bond donors (Lipinski definition) is 4. The number of nitrogens with two attached hydrogens (primary N) is 1. The Morgan fingerprint density at radius 1 is 1.13 bits per heavy atom. The summed E-state index contributed by atoms with van der Waals surface area (Å²) in [5, 5.41) is 23.9. The van der Waals surface area contributed by atoms with Crippen LogP contribution in [0.2, 0.25) is 0 Å². The monoisotopic (exact) mass is 568 g/mol. The molecule has 3 rings (SSSR count). The van der Waals surface area contributed by atoms with Crippen LogP contribution >= 0.6 is 19.5 Å². The number of pyridine rings is 1. The van der Waals surface area contributed by atoms with Crippen LogP contribution in [0.25, 0.3) is 0 Å². The third kappa shape index (κ3) is 8.42. The Morgan fingerprint density at radius 3 is 2.50 bits per heavy atom. The van der Waals surface area contributed by atoms with E-state index in [0.717, 1.165) is 17.3 Å². The van der Waals surface area contributed by atoms with E-state index in [1.165, 1.54) is 16.8 Å². The molecule has 208 valence electrons. The lowest BCUT2D eigenvalue weighted by Gasteiger charge is -2.22. The smallest absolute Gasteiger partial charge is 0.387 e. The maximum atomic E-state index is 13.5. The van der Waals surface area contributed by atoms with E-state index in [4.69, 9.17) is 19.5 Å². The summed E-state index contributed by atoms with van der Waals surface area (Å²) in [7, 11) is -3.91. The van der Waals surface area contributed by atoms with Crippen LogP contribution in [-0.2, 0) is 29.7 Å². The van der Waals surface area contributed by atoms with Gasteiger partial charge in [0.1, 0.15) is 17.8 Å². The molecule has 1 aliphatic rings. The lowest BCUT2D eigenvalue weighted by atomic mass is 10.00. The lowest BCUT2D eigenvalue weighted by Crippen LogP contribution is -2.46. The normalized spacial score (nSPS) is 23.2. The molecule has 13 heteroatoms. The summed E-state index contributed by atoms with van der Waals surface area (Å²) in [5.74, 6) is -0.385. The van der Waals surface area contributed by atoms with Gasteiger partial charge in [-0.25, -0.2) is 9.65 Å². The van der Waals surface area contributed by atoms with Gasteiger partial charge in [0.15, 0.2) is 23.6 Å². The van der Waals surface area contributed by atoms with Gasteiger partial charge in [0.2, 0.25) is 0 Å². The number of benzene rings is 1. The zero-order valence-electron chi connectivity index (χ0n) is 21.6. The van der Waals surface area contributed by atoms with Crippen LogP contribution in [0.3, 0.4) is 0 Å². The third-order valence-corrected chi connectivity index (χ3v) is 8.46. The second kappa shape index (κ2) is 13.3. The molecule has 5 N–H and O–H groups in total. The molecule has 5 atom stereocenters. The van der Waals surface area contributed by atoms with Crippen molar-refractivity contribution in [3.63, 3.8) is 0 Å². The van der Waals surface area contributed by atoms with E-state index in [9.17, 15) is 24.4 Å². The zero-order chi connectivity index (χ0) is 27.9. The molecule has 1 fully saturated rings. The van der Waals surface area contributed by atoms with E-state index in [1.54, 1.807) is 12.3 Å². The van der Waals surface area contributed by atoms with E-state index in [0.29, 0.717) is 0 Å². The Hall–Kier alpha value is -2.15. The van der Waals surface area contributed by atoms with Crippen LogP contribution < -0.4 is 15.4 Å². The number of hydrogen-bond acceptors (Lipinski definition) is 9. The number of aliphatic hydroxyl groups is 2. The number of primary amides is 1. The average Bonchev–Trinajstić information content (AvgIpc) is 3.17. The van der Waals surface area contributed by atoms with E-state index < -0.39 is 43.6 Å². The standard InChI is InChI=1S/C25H34N3O8PS/c1-25(2,3)24(32)38-13-12-34-37(33,27-14-17-8-5-4-6-9-17)35-16-19-20(29)21(30)23(36-19)28-11-7-10-18(15-28)22(26)31/h4-11,15,19-21,23,29-30H,12-14,16H2,1-3H3,(H2-,26,27,31,33)/p+1. The molecule has 2 aromatic rings. The van der Waals surface area contributed by atoms with E-state index in [2.05, 4.69) is 5.09 Å². The van der Waals surface area contributed by atoms with Gasteiger partial charge in [0, 0.05) is 23.8 Å². The second-order valence-electron chi connectivity index (χ2n) is 9.78. The molecule has 1 amide bonds. The summed E-state index contributed by atoms with van der Waals surface area (Å²) in [6.07, 6.45) is -1.84. The van der Waals surface area contributed by atoms with Crippen molar-refractivity contribution in [1.29, 1.82) is 0 Å². The highest BCUT2D eigenvalue weighted by Gasteiger charge is 2.49.